The second kappa shape index (κ2) is 2.58. The van der Waals surface area contributed by atoms with Crippen LogP contribution in [0.4, 0.5) is 0 Å². The van der Waals surface area contributed by atoms with Gasteiger partial charge in [-0.3, -0.25) is 0 Å². The van der Waals surface area contributed by atoms with Crippen LogP contribution >= 0.6 is 11.8 Å². The number of allylic oxidation sites excluding steroid dienone is 1. The molecule has 1 aliphatic heterocycles. The van der Waals surface area contributed by atoms with Gasteiger partial charge in [-0.15, -0.1) is 11.8 Å². The smallest absolute Gasteiger partial charge is 0.00655 e. The average Bonchev–Trinajstić information content (AvgIpc) is 1.64. The third-order valence-corrected chi connectivity index (χ3v) is 2.39. The summed E-state index contributed by atoms with van der Waals surface area (Å²) in [6, 6.07) is 0. The molecule has 0 aromatic rings. The topological polar surface area (TPSA) is 0 Å². The van der Waals surface area contributed by atoms with E-state index in [1.807, 2.05) is 11.8 Å². The maximum atomic E-state index is 2.28. The first-order valence-electron chi connectivity index (χ1n) is 3.11. The molecule has 1 rings (SSSR count). The zero-order valence-corrected chi connectivity index (χ0v) is 6.24. The van der Waals surface area contributed by atoms with Gasteiger partial charge in [0.05, 0.1) is 0 Å². The summed E-state index contributed by atoms with van der Waals surface area (Å²) < 4.78 is 0. The lowest BCUT2D eigenvalue weighted by Gasteiger charge is -2.16. The average molecular weight is 128 g/mol. The van der Waals surface area contributed by atoms with Crippen molar-refractivity contribution in [1.82, 2.24) is 0 Å². The van der Waals surface area contributed by atoms with Crippen LogP contribution in [0.5, 0.6) is 0 Å². The van der Waals surface area contributed by atoms with Gasteiger partial charge >= 0.3 is 0 Å². The van der Waals surface area contributed by atoms with E-state index in [-0.39, 0.29) is 0 Å². The van der Waals surface area contributed by atoms with Crippen LogP contribution in [0.3, 0.4) is 0 Å². The molecule has 2 atom stereocenters. The second-order valence-electron chi connectivity index (χ2n) is 2.49. The first-order valence-corrected chi connectivity index (χ1v) is 4.05. The summed E-state index contributed by atoms with van der Waals surface area (Å²) in [5, 5.41) is 3.06. The van der Waals surface area contributed by atoms with Crippen LogP contribution < -0.4 is 0 Å². The van der Waals surface area contributed by atoms with Gasteiger partial charge in [-0.1, -0.05) is 19.9 Å². The number of rotatable bonds is 0. The van der Waals surface area contributed by atoms with Crippen molar-refractivity contribution in [2.75, 3.05) is 0 Å². The molecule has 0 radical (unpaired) electrons. The fourth-order valence-corrected chi connectivity index (χ4v) is 2.01. The van der Waals surface area contributed by atoms with Gasteiger partial charge in [0.1, 0.15) is 0 Å². The fraction of sp³-hybridized carbons (Fsp3) is 0.714. The van der Waals surface area contributed by atoms with Crippen LogP contribution in [0.1, 0.15) is 20.3 Å². The largest absolute Gasteiger partial charge is 0.131 e. The Morgan fingerprint density at radius 1 is 1.50 bits per heavy atom. The third kappa shape index (κ3) is 1.55. The highest BCUT2D eigenvalue weighted by Crippen LogP contribution is 2.26. The van der Waals surface area contributed by atoms with E-state index in [9.17, 15) is 0 Å². The third-order valence-electron chi connectivity index (χ3n) is 1.42. The molecular formula is C7H12S. The molecule has 8 heavy (non-hydrogen) atoms. The zero-order valence-electron chi connectivity index (χ0n) is 5.42. The van der Waals surface area contributed by atoms with Crippen molar-refractivity contribution < 1.29 is 0 Å². The second-order valence-corrected chi connectivity index (χ2v) is 3.84. The maximum absolute atomic E-state index is 2.28. The molecule has 0 N–H and O–H groups in total. The monoisotopic (exact) mass is 128 g/mol. The Morgan fingerprint density at radius 2 is 2.25 bits per heavy atom. The van der Waals surface area contributed by atoms with Crippen LogP contribution in [-0.4, -0.2) is 5.25 Å². The van der Waals surface area contributed by atoms with E-state index in [0.717, 1.165) is 11.2 Å². The maximum Gasteiger partial charge on any atom is 0.00655 e. The van der Waals surface area contributed by atoms with Crippen LogP contribution in [0, 0.1) is 5.92 Å². The Morgan fingerprint density at radius 3 is 2.62 bits per heavy atom. The van der Waals surface area contributed by atoms with Gasteiger partial charge in [-0.05, 0) is 17.7 Å². The van der Waals surface area contributed by atoms with Gasteiger partial charge in [-0.2, -0.15) is 0 Å². The Labute approximate surface area is 55.4 Å². The number of thioether (sulfide) groups is 1. The molecule has 2 unspecified atom stereocenters. The van der Waals surface area contributed by atoms with E-state index in [2.05, 4.69) is 25.3 Å². The minimum absolute atomic E-state index is 0.811. The highest BCUT2D eigenvalue weighted by molar-refractivity contribution is 8.02. The lowest BCUT2D eigenvalue weighted by atomic mass is 10.1. The number of hydrogen-bond donors (Lipinski definition) is 0. The van der Waals surface area contributed by atoms with E-state index >= 15 is 0 Å². The SMILES string of the molecule is CC1C=CSC(C)C1. The fourth-order valence-electron chi connectivity index (χ4n) is 0.971. The first-order chi connectivity index (χ1) is 3.79. The van der Waals surface area contributed by atoms with Crippen molar-refractivity contribution in [3.05, 3.63) is 11.5 Å². The predicted molar refractivity (Wildman–Crippen MR) is 40.0 cm³/mol. The summed E-state index contributed by atoms with van der Waals surface area (Å²) in [4.78, 5) is 0. The minimum atomic E-state index is 0.811. The lowest BCUT2D eigenvalue weighted by molar-refractivity contribution is 0.640. The van der Waals surface area contributed by atoms with E-state index < -0.39 is 0 Å². The van der Waals surface area contributed by atoms with Gasteiger partial charge in [0.2, 0.25) is 0 Å². The molecular weight excluding hydrogens is 116 g/mol. The highest BCUT2D eigenvalue weighted by atomic mass is 32.2. The summed E-state index contributed by atoms with van der Waals surface area (Å²) in [6.07, 6.45) is 3.63. The Balaban J connectivity index is 2.42. The first kappa shape index (κ1) is 6.21. The summed E-state index contributed by atoms with van der Waals surface area (Å²) in [5.74, 6) is 0.811. The Hall–Kier alpha value is 0.0900. The summed E-state index contributed by atoms with van der Waals surface area (Å²) >= 11 is 1.94. The van der Waals surface area contributed by atoms with Crippen molar-refractivity contribution >= 4 is 11.8 Å². The van der Waals surface area contributed by atoms with Gasteiger partial charge in [0, 0.05) is 5.25 Å². The van der Waals surface area contributed by atoms with Crippen LogP contribution in [0.25, 0.3) is 0 Å². The van der Waals surface area contributed by atoms with Crippen LogP contribution in [0.15, 0.2) is 11.5 Å². The van der Waals surface area contributed by atoms with Crippen molar-refractivity contribution in [2.24, 2.45) is 5.92 Å². The van der Waals surface area contributed by atoms with E-state index in [0.29, 0.717) is 0 Å². The zero-order chi connectivity index (χ0) is 5.98. The molecule has 1 aliphatic rings. The van der Waals surface area contributed by atoms with Crippen molar-refractivity contribution in [2.45, 2.75) is 25.5 Å². The number of hydrogen-bond acceptors (Lipinski definition) is 1. The molecule has 0 aromatic heterocycles. The Kier molecular flexibility index (Phi) is 2.01. The molecule has 0 fully saturated rings. The van der Waals surface area contributed by atoms with E-state index in [1.165, 1.54) is 6.42 Å². The molecule has 0 bridgehead atoms. The normalized spacial score (nSPS) is 37.8. The molecule has 0 spiro atoms. The summed E-state index contributed by atoms with van der Waals surface area (Å²) in [6.45, 7) is 4.55. The summed E-state index contributed by atoms with van der Waals surface area (Å²) in [5.41, 5.74) is 0. The van der Waals surface area contributed by atoms with Crippen molar-refractivity contribution in [1.29, 1.82) is 0 Å². The quantitative estimate of drug-likeness (QED) is 0.483. The molecule has 1 heterocycles. The van der Waals surface area contributed by atoms with E-state index in [1.54, 1.807) is 0 Å². The van der Waals surface area contributed by atoms with Gasteiger partial charge < -0.3 is 0 Å². The predicted octanol–water partition coefficient (Wildman–Crippen LogP) is 2.66. The van der Waals surface area contributed by atoms with Crippen LogP contribution in [0.2, 0.25) is 0 Å². The molecule has 0 nitrogen and oxygen atoms in total. The van der Waals surface area contributed by atoms with Crippen LogP contribution in [-0.2, 0) is 0 Å². The molecule has 1 heteroatoms. The molecule has 0 aromatic carbocycles. The van der Waals surface area contributed by atoms with E-state index in [4.69, 9.17) is 0 Å². The standard InChI is InChI=1S/C7H12S/c1-6-3-4-8-7(2)5-6/h3-4,6-7H,5H2,1-2H3. The van der Waals surface area contributed by atoms with Crippen molar-refractivity contribution in [3.63, 3.8) is 0 Å². The lowest BCUT2D eigenvalue weighted by Crippen LogP contribution is -2.04. The molecule has 0 aliphatic carbocycles. The van der Waals surface area contributed by atoms with Crippen molar-refractivity contribution in [3.8, 4) is 0 Å². The summed E-state index contributed by atoms with van der Waals surface area (Å²) in [7, 11) is 0. The minimum Gasteiger partial charge on any atom is -0.131 e. The van der Waals surface area contributed by atoms with Gasteiger partial charge in [0.25, 0.3) is 0 Å². The molecule has 0 saturated heterocycles. The highest BCUT2D eigenvalue weighted by Gasteiger charge is 2.08. The molecule has 46 valence electrons. The molecule has 0 saturated carbocycles. The van der Waals surface area contributed by atoms with Gasteiger partial charge in [0.15, 0.2) is 0 Å². The molecule has 0 amide bonds. The Bertz CT molecular complexity index is 96.6. The van der Waals surface area contributed by atoms with Gasteiger partial charge in [-0.25, -0.2) is 0 Å².